The van der Waals surface area contributed by atoms with E-state index in [1.807, 2.05) is 6.07 Å². The maximum absolute atomic E-state index is 4.53. The van der Waals surface area contributed by atoms with Crippen molar-refractivity contribution in [1.29, 1.82) is 0 Å². The van der Waals surface area contributed by atoms with Crippen LogP contribution in [-0.2, 0) is 0 Å². The molecule has 0 spiro atoms. The van der Waals surface area contributed by atoms with Crippen LogP contribution in [0.2, 0.25) is 0 Å². The van der Waals surface area contributed by atoms with E-state index in [0.29, 0.717) is 5.92 Å². The maximum Gasteiger partial charge on any atom is 0.0562 e. The minimum Gasteiger partial charge on any atom is -0.151 e. The molecule has 1 aromatic carbocycles. The summed E-state index contributed by atoms with van der Waals surface area (Å²) in [6.07, 6.45) is 2.36. The van der Waals surface area contributed by atoms with E-state index in [9.17, 15) is 0 Å². The lowest BCUT2D eigenvalue weighted by molar-refractivity contribution is 0.678. The van der Waals surface area contributed by atoms with E-state index < -0.39 is 0 Å². The van der Waals surface area contributed by atoms with Crippen molar-refractivity contribution in [2.45, 2.75) is 38.3 Å². The Labute approximate surface area is 123 Å². The Kier molecular flexibility index (Phi) is 4.81. The number of rotatable bonds is 1. The fourth-order valence-electron chi connectivity index (χ4n) is 1.72. The smallest absolute Gasteiger partial charge is 0.0562 e. The molecule has 1 atom stereocenters. The monoisotopic (exact) mass is 304 g/mol. The van der Waals surface area contributed by atoms with Crippen molar-refractivity contribution in [3.05, 3.63) is 17.4 Å². The molecule has 0 aliphatic carbocycles. The first kappa shape index (κ1) is 13.4. The third-order valence-electron chi connectivity index (χ3n) is 2.60. The van der Waals surface area contributed by atoms with Crippen molar-refractivity contribution in [2.24, 2.45) is 0 Å². The van der Waals surface area contributed by atoms with Crippen molar-refractivity contribution in [3.8, 4) is 0 Å². The maximum atomic E-state index is 4.53. The summed E-state index contributed by atoms with van der Waals surface area (Å²) in [5, 5.41) is 0. The third-order valence-corrected chi connectivity index (χ3v) is 5.82. The number of thiol groups is 4. The molecule has 1 unspecified atom stereocenters. The standard InChI is InChI=1S/C11H12S5/c12-8-4-7(6-2-1-3-16-5-6)9(13)11(15)10(8)14/h4,6,12-15H,1-3H2. The second-order valence-electron chi connectivity index (χ2n) is 3.69. The SMILES string of the molecule is Sc1cc(C2[C]SCCC2)c(S)c(S)c1S. The highest BCUT2D eigenvalue weighted by molar-refractivity contribution is 8.01. The molecule has 16 heavy (non-hydrogen) atoms. The Morgan fingerprint density at radius 3 is 2.50 bits per heavy atom. The van der Waals surface area contributed by atoms with Gasteiger partial charge in [-0.2, -0.15) is 11.8 Å². The summed E-state index contributed by atoms with van der Waals surface area (Å²) in [6, 6.07) is 2.04. The Hall–Kier alpha value is 0.970. The van der Waals surface area contributed by atoms with E-state index in [1.54, 1.807) is 11.8 Å². The Bertz CT molecular complexity index is 396. The highest BCUT2D eigenvalue weighted by Gasteiger charge is 2.21. The van der Waals surface area contributed by atoms with E-state index in [-0.39, 0.29) is 0 Å². The van der Waals surface area contributed by atoms with E-state index in [4.69, 9.17) is 0 Å². The summed E-state index contributed by atoms with van der Waals surface area (Å²) in [7, 11) is 0. The van der Waals surface area contributed by atoms with Crippen LogP contribution in [0, 0.1) is 5.75 Å². The average molecular weight is 305 g/mol. The number of hydrogen-bond acceptors (Lipinski definition) is 5. The summed E-state index contributed by atoms with van der Waals surface area (Å²) >= 11 is 19.5. The molecule has 0 nitrogen and oxygen atoms in total. The predicted octanol–water partition coefficient (Wildman–Crippen LogP) is 4.49. The van der Waals surface area contributed by atoms with Gasteiger partial charge >= 0.3 is 0 Å². The minimum atomic E-state index is 0.344. The van der Waals surface area contributed by atoms with Gasteiger partial charge in [-0.1, -0.05) is 0 Å². The lowest BCUT2D eigenvalue weighted by Gasteiger charge is -2.23. The van der Waals surface area contributed by atoms with Crippen molar-refractivity contribution >= 4 is 62.3 Å². The largest absolute Gasteiger partial charge is 0.151 e. The first-order valence-corrected chi connectivity index (χ1v) is 7.72. The summed E-state index contributed by atoms with van der Waals surface area (Å²) in [5.74, 6) is 4.94. The molecule has 0 aromatic heterocycles. The van der Waals surface area contributed by atoms with Crippen molar-refractivity contribution in [1.82, 2.24) is 0 Å². The zero-order chi connectivity index (χ0) is 11.7. The van der Waals surface area contributed by atoms with Crippen LogP contribution in [0.4, 0.5) is 0 Å². The lowest BCUT2D eigenvalue weighted by Crippen LogP contribution is -2.06. The molecule has 2 rings (SSSR count). The Morgan fingerprint density at radius 2 is 1.88 bits per heavy atom. The molecule has 2 radical (unpaired) electrons. The molecule has 86 valence electrons. The molecular formula is C11H12S5. The fourth-order valence-corrected chi connectivity index (χ4v) is 3.78. The molecule has 1 saturated heterocycles. The van der Waals surface area contributed by atoms with Gasteiger partial charge in [0.05, 0.1) is 5.75 Å². The zero-order valence-corrected chi connectivity index (χ0v) is 12.9. The van der Waals surface area contributed by atoms with Gasteiger partial charge in [0.1, 0.15) is 0 Å². The number of benzene rings is 1. The van der Waals surface area contributed by atoms with Gasteiger partial charge in [-0.3, -0.25) is 0 Å². The molecule has 5 heteroatoms. The molecule has 0 amide bonds. The van der Waals surface area contributed by atoms with Gasteiger partial charge in [-0.15, -0.1) is 50.5 Å². The Morgan fingerprint density at radius 1 is 1.12 bits per heavy atom. The van der Waals surface area contributed by atoms with E-state index in [1.165, 1.54) is 17.7 Å². The van der Waals surface area contributed by atoms with E-state index in [2.05, 4.69) is 56.3 Å². The van der Waals surface area contributed by atoms with Crippen LogP contribution in [0.3, 0.4) is 0 Å². The van der Waals surface area contributed by atoms with Gasteiger partial charge in [-0.05, 0) is 30.2 Å². The molecule has 0 saturated carbocycles. The Balaban J connectivity index is 2.40. The molecule has 1 aromatic rings. The van der Waals surface area contributed by atoms with Crippen LogP contribution in [-0.4, -0.2) is 5.75 Å². The van der Waals surface area contributed by atoms with Gasteiger partial charge < -0.3 is 0 Å². The summed E-state index contributed by atoms with van der Waals surface area (Å²) in [4.78, 5) is 3.38. The van der Waals surface area contributed by atoms with Gasteiger partial charge in [0.2, 0.25) is 0 Å². The number of thioether (sulfide) groups is 1. The zero-order valence-electron chi connectivity index (χ0n) is 8.47. The molecule has 0 N–H and O–H groups in total. The van der Waals surface area contributed by atoms with Crippen molar-refractivity contribution in [2.75, 3.05) is 5.75 Å². The molecule has 1 aliphatic heterocycles. The molecule has 1 fully saturated rings. The predicted molar refractivity (Wildman–Crippen MR) is 83.1 cm³/mol. The van der Waals surface area contributed by atoms with E-state index >= 15 is 0 Å². The first-order chi connectivity index (χ1) is 7.61. The van der Waals surface area contributed by atoms with Gasteiger partial charge in [-0.25, -0.2) is 0 Å². The van der Waals surface area contributed by atoms with Gasteiger partial charge in [0, 0.05) is 25.5 Å². The molecular weight excluding hydrogens is 292 g/mol. The minimum absolute atomic E-state index is 0.344. The van der Waals surface area contributed by atoms with Crippen LogP contribution in [0.5, 0.6) is 0 Å². The van der Waals surface area contributed by atoms with Gasteiger partial charge in [0.25, 0.3) is 0 Å². The third kappa shape index (κ3) is 2.69. The van der Waals surface area contributed by atoms with Crippen molar-refractivity contribution in [3.63, 3.8) is 0 Å². The molecule has 1 heterocycles. The van der Waals surface area contributed by atoms with E-state index in [0.717, 1.165) is 26.0 Å². The quantitative estimate of drug-likeness (QED) is 0.555. The van der Waals surface area contributed by atoms with Crippen LogP contribution in [0.25, 0.3) is 0 Å². The second kappa shape index (κ2) is 5.74. The highest BCUT2D eigenvalue weighted by atomic mass is 32.2. The van der Waals surface area contributed by atoms with Crippen molar-refractivity contribution < 1.29 is 0 Å². The van der Waals surface area contributed by atoms with Crippen LogP contribution in [0.1, 0.15) is 24.3 Å². The second-order valence-corrected chi connectivity index (χ2v) is 6.45. The summed E-state index contributed by atoms with van der Waals surface area (Å²) in [5.41, 5.74) is 1.17. The van der Waals surface area contributed by atoms with Crippen LogP contribution in [0.15, 0.2) is 25.6 Å². The highest BCUT2D eigenvalue weighted by Crippen LogP contribution is 2.42. The first-order valence-electron chi connectivity index (χ1n) is 4.95. The average Bonchev–Trinajstić information content (AvgIpc) is 2.32. The summed E-state index contributed by atoms with van der Waals surface area (Å²) < 4.78 is 0. The van der Waals surface area contributed by atoms with Crippen LogP contribution < -0.4 is 0 Å². The lowest BCUT2D eigenvalue weighted by atomic mass is 9.96. The number of hydrogen-bond donors (Lipinski definition) is 4. The van der Waals surface area contributed by atoms with Crippen LogP contribution >= 0.6 is 62.3 Å². The normalized spacial score (nSPS) is 21.1. The molecule has 0 bridgehead atoms. The fraction of sp³-hybridized carbons (Fsp3) is 0.364. The molecule has 1 aliphatic rings. The van der Waals surface area contributed by atoms with Gasteiger partial charge in [0.15, 0.2) is 0 Å². The topological polar surface area (TPSA) is 0 Å². The summed E-state index contributed by atoms with van der Waals surface area (Å²) in [6.45, 7) is 0.